The smallest absolute Gasteiger partial charge is 0.227 e. The van der Waals surface area contributed by atoms with Crippen molar-refractivity contribution in [2.75, 3.05) is 0 Å². The normalized spacial score (nSPS) is 18.3. The molecule has 1 saturated carbocycles. The zero-order valence-corrected chi connectivity index (χ0v) is 15.0. The molecular formula is C21H21N5O. The molecular weight excluding hydrogens is 338 g/mol. The van der Waals surface area contributed by atoms with Gasteiger partial charge in [-0.1, -0.05) is 36.4 Å². The molecule has 6 heteroatoms. The Morgan fingerprint density at radius 3 is 2.63 bits per heavy atom. The van der Waals surface area contributed by atoms with E-state index in [0.29, 0.717) is 12.5 Å². The molecule has 1 unspecified atom stereocenters. The Hall–Kier alpha value is -3.02. The molecule has 0 N–H and O–H groups in total. The van der Waals surface area contributed by atoms with Gasteiger partial charge in [0, 0.05) is 6.04 Å². The SMILES string of the molecule is O=C(Cc1ccc(-n2cnnn2)cc1)N(C1CC1)C1CCc2ccccc21. The number of carbonyl (C=O) groups is 1. The van der Waals surface area contributed by atoms with Gasteiger partial charge in [0.25, 0.3) is 0 Å². The summed E-state index contributed by atoms with van der Waals surface area (Å²) in [6.45, 7) is 0. The molecule has 0 saturated heterocycles. The minimum Gasteiger partial charge on any atom is -0.332 e. The second-order valence-electron chi connectivity index (χ2n) is 7.38. The number of hydrogen-bond donors (Lipinski definition) is 0. The van der Waals surface area contributed by atoms with Crippen molar-refractivity contribution in [2.45, 2.75) is 44.2 Å². The number of rotatable bonds is 5. The van der Waals surface area contributed by atoms with E-state index in [-0.39, 0.29) is 11.9 Å². The van der Waals surface area contributed by atoms with Gasteiger partial charge in [-0.3, -0.25) is 4.79 Å². The Morgan fingerprint density at radius 2 is 1.89 bits per heavy atom. The lowest BCUT2D eigenvalue weighted by Crippen LogP contribution is -2.37. The van der Waals surface area contributed by atoms with E-state index in [1.165, 1.54) is 11.1 Å². The van der Waals surface area contributed by atoms with E-state index in [4.69, 9.17) is 0 Å². The monoisotopic (exact) mass is 359 g/mol. The molecule has 0 radical (unpaired) electrons. The molecule has 1 aromatic heterocycles. The van der Waals surface area contributed by atoms with Gasteiger partial charge in [-0.05, 0) is 64.9 Å². The maximum atomic E-state index is 13.2. The van der Waals surface area contributed by atoms with Gasteiger partial charge in [0.15, 0.2) is 0 Å². The molecule has 6 nitrogen and oxygen atoms in total. The highest BCUT2D eigenvalue weighted by atomic mass is 16.2. The molecule has 1 fully saturated rings. The molecule has 5 rings (SSSR count). The largest absolute Gasteiger partial charge is 0.332 e. The first kappa shape index (κ1) is 16.2. The standard InChI is InChI=1S/C21H21N5O/c27-21(13-15-5-8-17(9-6-15)25-14-22-23-24-25)26(18-10-11-18)20-12-7-16-3-1-2-4-19(16)20/h1-6,8-9,14,18,20H,7,10-13H2. The van der Waals surface area contributed by atoms with Crippen molar-refractivity contribution in [2.24, 2.45) is 0 Å². The highest BCUT2D eigenvalue weighted by molar-refractivity contribution is 5.80. The lowest BCUT2D eigenvalue weighted by atomic mass is 10.0. The summed E-state index contributed by atoms with van der Waals surface area (Å²) in [5.41, 5.74) is 4.65. The summed E-state index contributed by atoms with van der Waals surface area (Å²) in [5.74, 6) is 0.231. The third-order valence-corrected chi connectivity index (χ3v) is 5.57. The van der Waals surface area contributed by atoms with Crippen LogP contribution < -0.4 is 0 Å². The number of benzene rings is 2. The van der Waals surface area contributed by atoms with Crippen molar-refractivity contribution < 1.29 is 4.79 Å². The second-order valence-corrected chi connectivity index (χ2v) is 7.38. The van der Waals surface area contributed by atoms with Crippen LogP contribution in [0.5, 0.6) is 0 Å². The molecule has 2 aliphatic rings. The molecule has 3 aromatic rings. The van der Waals surface area contributed by atoms with Gasteiger partial charge in [0.1, 0.15) is 6.33 Å². The van der Waals surface area contributed by atoms with Crippen molar-refractivity contribution in [3.05, 3.63) is 71.5 Å². The first-order valence-corrected chi connectivity index (χ1v) is 9.51. The van der Waals surface area contributed by atoms with Crippen LogP contribution in [0.2, 0.25) is 0 Å². The van der Waals surface area contributed by atoms with Crippen LogP contribution in [0, 0.1) is 0 Å². The molecule has 1 atom stereocenters. The van der Waals surface area contributed by atoms with Crippen LogP contribution in [0.25, 0.3) is 5.69 Å². The van der Waals surface area contributed by atoms with E-state index in [2.05, 4.69) is 44.7 Å². The molecule has 2 aromatic carbocycles. The lowest BCUT2D eigenvalue weighted by molar-refractivity contribution is -0.133. The van der Waals surface area contributed by atoms with Crippen LogP contribution in [-0.2, 0) is 17.6 Å². The van der Waals surface area contributed by atoms with Crippen LogP contribution in [0.1, 0.15) is 42.0 Å². The number of fused-ring (bicyclic) bond motifs is 1. The maximum Gasteiger partial charge on any atom is 0.227 e. The topological polar surface area (TPSA) is 63.9 Å². The van der Waals surface area contributed by atoms with Crippen LogP contribution in [0.15, 0.2) is 54.9 Å². The Labute approximate surface area is 157 Å². The van der Waals surface area contributed by atoms with E-state index in [9.17, 15) is 4.79 Å². The Balaban J connectivity index is 1.35. The summed E-state index contributed by atoms with van der Waals surface area (Å²) in [5, 5.41) is 11.2. The first-order valence-electron chi connectivity index (χ1n) is 9.51. The van der Waals surface area contributed by atoms with Gasteiger partial charge in [-0.25, -0.2) is 4.68 Å². The summed E-state index contributed by atoms with van der Waals surface area (Å²) >= 11 is 0. The van der Waals surface area contributed by atoms with E-state index < -0.39 is 0 Å². The van der Waals surface area contributed by atoms with E-state index in [0.717, 1.165) is 36.9 Å². The highest BCUT2D eigenvalue weighted by Gasteiger charge is 2.40. The van der Waals surface area contributed by atoms with Crippen LogP contribution >= 0.6 is 0 Å². The van der Waals surface area contributed by atoms with Gasteiger partial charge in [-0.15, -0.1) is 5.10 Å². The number of aryl methyl sites for hydroxylation is 1. The minimum atomic E-state index is 0.231. The van der Waals surface area contributed by atoms with Crippen molar-refractivity contribution in [1.29, 1.82) is 0 Å². The number of carbonyl (C=O) groups excluding carboxylic acids is 1. The summed E-state index contributed by atoms with van der Waals surface area (Å²) < 4.78 is 1.61. The zero-order valence-electron chi connectivity index (χ0n) is 15.0. The van der Waals surface area contributed by atoms with Gasteiger partial charge in [0.2, 0.25) is 5.91 Å². The second kappa shape index (κ2) is 6.61. The van der Waals surface area contributed by atoms with Crippen LogP contribution in [0.3, 0.4) is 0 Å². The third kappa shape index (κ3) is 3.12. The predicted octanol–water partition coefficient (Wildman–Crippen LogP) is 2.88. The molecule has 0 bridgehead atoms. The van der Waals surface area contributed by atoms with E-state index in [1.54, 1.807) is 11.0 Å². The predicted molar refractivity (Wildman–Crippen MR) is 100 cm³/mol. The third-order valence-electron chi connectivity index (χ3n) is 5.57. The summed E-state index contributed by atoms with van der Waals surface area (Å²) in [4.78, 5) is 15.4. The van der Waals surface area contributed by atoms with Crippen molar-refractivity contribution in [1.82, 2.24) is 25.1 Å². The number of hydrogen-bond acceptors (Lipinski definition) is 4. The fourth-order valence-electron chi connectivity index (χ4n) is 4.12. The zero-order chi connectivity index (χ0) is 18.2. The molecule has 27 heavy (non-hydrogen) atoms. The highest BCUT2D eigenvalue weighted by Crippen LogP contribution is 2.42. The van der Waals surface area contributed by atoms with E-state index >= 15 is 0 Å². The molecule has 2 aliphatic carbocycles. The molecule has 136 valence electrons. The van der Waals surface area contributed by atoms with Crippen molar-refractivity contribution in [3.63, 3.8) is 0 Å². The molecule has 0 aliphatic heterocycles. The quantitative estimate of drug-likeness (QED) is 0.703. The number of aromatic nitrogens is 4. The van der Waals surface area contributed by atoms with Gasteiger partial charge in [0.05, 0.1) is 18.2 Å². The van der Waals surface area contributed by atoms with Crippen molar-refractivity contribution in [3.8, 4) is 5.69 Å². The first-order chi connectivity index (χ1) is 13.3. The van der Waals surface area contributed by atoms with Crippen LogP contribution in [0.4, 0.5) is 0 Å². The number of nitrogens with zero attached hydrogens (tertiary/aromatic N) is 5. The molecule has 1 amide bonds. The molecule has 1 heterocycles. The van der Waals surface area contributed by atoms with E-state index in [1.807, 2.05) is 24.3 Å². The Bertz CT molecular complexity index is 947. The fraction of sp³-hybridized carbons (Fsp3) is 0.333. The minimum absolute atomic E-state index is 0.231. The number of tetrazole rings is 1. The Morgan fingerprint density at radius 1 is 1.07 bits per heavy atom. The molecule has 0 spiro atoms. The average molecular weight is 359 g/mol. The summed E-state index contributed by atoms with van der Waals surface area (Å²) in [6, 6.07) is 17.1. The lowest BCUT2D eigenvalue weighted by Gasteiger charge is -2.30. The Kier molecular flexibility index (Phi) is 3.96. The maximum absolute atomic E-state index is 13.2. The van der Waals surface area contributed by atoms with Gasteiger partial charge < -0.3 is 4.90 Å². The van der Waals surface area contributed by atoms with Gasteiger partial charge >= 0.3 is 0 Å². The average Bonchev–Trinajstić information content (AvgIpc) is 3.20. The summed E-state index contributed by atoms with van der Waals surface area (Å²) in [7, 11) is 0. The van der Waals surface area contributed by atoms with Gasteiger partial charge in [-0.2, -0.15) is 0 Å². The van der Waals surface area contributed by atoms with Crippen molar-refractivity contribution >= 4 is 5.91 Å². The summed E-state index contributed by atoms with van der Waals surface area (Å²) in [6.07, 6.45) is 6.36. The fourth-order valence-corrected chi connectivity index (χ4v) is 4.12. The number of amides is 1. The van der Waals surface area contributed by atoms with Crippen LogP contribution in [-0.4, -0.2) is 37.1 Å².